The summed E-state index contributed by atoms with van der Waals surface area (Å²) in [6.45, 7) is 0. The summed E-state index contributed by atoms with van der Waals surface area (Å²) in [6.07, 6.45) is 1.42. The molecule has 0 atom stereocenters. The third kappa shape index (κ3) is 3.33. The molecule has 1 aromatic heterocycles. The van der Waals surface area contributed by atoms with Crippen molar-refractivity contribution < 1.29 is 9.13 Å². The molecule has 0 unspecified atom stereocenters. The number of methoxy groups -OCH3 is 1. The maximum atomic E-state index is 13.5. The van der Waals surface area contributed by atoms with E-state index in [-0.39, 0.29) is 10.8 Å². The molecule has 5 nitrogen and oxygen atoms in total. The van der Waals surface area contributed by atoms with Gasteiger partial charge in [-0.15, -0.1) is 11.3 Å². The van der Waals surface area contributed by atoms with Gasteiger partial charge >= 0.3 is 0 Å². The molecule has 0 fully saturated rings. The standard InChI is InChI=1S/C11H10ClFN4OS/c1-18-10-7(12)2-6(3-8(10)13)4-15-17-11-16-9(14)5-19-11/h2-5H,14H2,1H3,(H,16,17). The summed E-state index contributed by atoms with van der Waals surface area (Å²) in [5.74, 6) is -0.115. The van der Waals surface area contributed by atoms with E-state index in [1.165, 1.54) is 30.7 Å². The number of nitrogens with two attached hydrogens (primary N) is 1. The van der Waals surface area contributed by atoms with Crippen LogP contribution in [0, 0.1) is 5.82 Å². The Hall–Kier alpha value is -1.86. The number of halogens is 2. The van der Waals surface area contributed by atoms with Crippen molar-refractivity contribution in [3.05, 3.63) is 33.9 Å². The summed E-state index contributed by atoms with van der Waals surface area (Å²) in [6, 6.07) is 2.82. The van der Waals surface area contributed by atoms with Crippen LogP contribution >= 0.6 is 22.9 Å². The molecule has 0 aliphatic carbocycles. The lowest BCUT2D eigenvalue weighted by Gasteiger charge is -2.04. The van der Waals surface area contributed by atoms with Crippen molar-refractivity contribution in [2.24, 2.45) is 5.10 Å². The van der Waals surface area contributed by atoms with Crippen LogP contribution in [0.15, 0.2) is 22.6 Å². The fourth-order valence-corrected chi connectivity index (χ4v) is 2.19. The van der Waals surface area contributed by atoms with E-state index in [1.807, 2.05) is 0 Å². The number of benzene rings is 1. The summed E-state index contributed by atoms with van der Waals surface area (Å²) in [5.41, 5.74) is 8.64. The number of nitrogens with zero attached hydrogens (tertiary/aromatic N) is 2. The SMILES string of the molecule is COc1c(F)cc(C=NNc2nc(N)cs2)cc1Cl. The van der Waals surface area contributed by atoms with Crippen molar-refractivity contribution in [1.29, 1.82) is 0 Å². The van der Waals surface area contributed by atoms with E-state index in [0.717, 1.165) is 0 Å². The first-order valence-electron chi connectivity index (χ1n) is 5.13. The van der Waals surface area contributed by atoms with Gasteiger partial charge in [0.25, 0.3) is 0 Å². The molecule has 0 bridgehead atoms. The fourth-order valence-electron chi connectivity index (χ4n) is 1.35. The van der Waals surface area contributed by atoms with Gasteiger partial charge in [0.05, 0.1) is 18.3 Å². The Balaban J connectivity index is 2.11. The fraction of sp³-hybridized carbons (Fsp3) is 0.0909. The first kappa shape index (κ1) is 13.6. The lowest BCUT2D eigenvalue weighted by Crippen LogP contribution is -1.94. The van der Waals surface area contributed by atoms with Crippen LogP contribution in [0.1, 0.15) is 5.56 Å². The van der Waals surface area contributed by atoms with Crippen molar-refractivity contribution in [2.75, 3.05) is 18.3 Å². The van der Waals surface area contributed by atoms with Gasteiger partial charge in [-0.1, -0.05) is 11.6 Å². The molecule has 0 aliphatic rings. The van der Waals surface area contributed by atoms with Gasteiger partial charge in [0.15, 0.2) is 11.6 Å². The second-order valence-corrected chi connectivity index (χ2v) is 4.73. The first-order valence-corrected chi connectivity index (χ1v) is 6.39. The summed E-state index contributed by atoms with van der Waals surface area (Å²) in [5, 5.41) is 6.33. The number of hydrazone groups is 1. The highest BCUT2D eigenvalue weighted by Crippen LogP contribution is 2.28. The summed E-state index contributed by atoms with van der Waals surface area (Å²) in [4.78, 5) is 3.96. The molecule has 1 aromatic carbocycles. The zero-order chi connectivity index (χ0) is 13.8. The number of aromatic nitrogens is 1. The maximum Gasteiger partial charge on any atom is 0.205 e. The Kier molecular flexibility index (Phi) is 4.18. The molecular formula is C11H10ClFN4OS. The third-order valence-electron chi connectivity index (χ3n) is 2.12. The molecular weight excluding hydrogens is 291 g/mol. The normalized spacial score (nSPS) is 10.9. The Bertz CT molecular complexity index is 593. The van der Waals surface area contributed by atoms with Gasteiger partial charge in [-0.25, -0.2) is 9.37 Å². The monoisotopic (exact) mass is 300 g/mol. The predicted molar refractivity (Wildman–Crippen MR) is 75.7 cm³/mol. The number of rotatable bonds is 4. The Morgan fingerprint density at radius 3 is 2.95 bits per heavy atom. The van der Waals surface area contributed by atoms with Gasteiger partial charge in [0, 0.05) is 5.38 Å². The average molecular weight is 301 g/mol. The van der Waals surface area contributed by atoms with Crippen LogP contribution in [0.4, 0.5) is 15.3 Å². The minimum Gasteiger partial charge on any atom is -0.492 e. The summed E-state index contributed by atoms with van der Waals surface area (Å²) < 4.78 is 18.4. The second kappa shape index (κ2) is 5.85. The van der Waals surface area contributed by atoms with Crippen LogP contribution < -0.4 is 15.9 Å². The van der Waals surface area contributed by atoms with Crippen LogP contribution in [-0.2, 0) is 0 Å². The van der Waals surface area contributed by atoms with E-state index in [1.54, 1.807) is 11.4 Å². The number of thiazole rings is 1. The number of anilines is 2. The highest BCUT2D eigenvalue weighted by Gasteiger charge is 2.08. The van der Waals surface area contributed by atoms with E-state index >= 15 is 0 Å². The van der Waals surface area contributed by atoms with Crippen LogP contribution in [-0.4, -0.2) is 18.3 Å². The molecule has 2 aromatic rings. The van der Waals surface area contributed by atoms with Crippen molar-refractivity contribution in [2.45, 2.75) is 0 Å². The van der Waals surface area contributed by atoms with Gasteiger partial charge < -0.3 is 10.5 Å². The largest absolute Gasteiger partial charge is 0.492 e. The number of hydrogen-bond acceptors (Lipinski definition) is 6. The molecule has 0 spiro atoms. The minimum absolute atomic E-state index is 0.0134. The lowest BCUT2D eigenvalue weighted by molar-refractivity contribution is 0.387. The second-order valence-electron chi connectivity index (χ2n) is 3.47. The van der Waals surface area contributed by atoms with E-state index in [2.05, 4.69) is 15.5 Å². The van der Waals surface area contributed by atoms with E-state index in [9.17, 15) is 4.39 Å². The maximum absolute atomic E-state index is 13.5. The molecule has 0 saturated carbocycles. The molecule has 8 heteroatoms. The molecule has 0 amide bonds. The number of nitrogens with one attached hydrogen (secondary N) is 1. The van der Waals surface area contributed by atoms with Crippen LogP contribution in [0.2, 0.25) is 5.02 Å². The highest BCUT2D eigenvalue weighted by atomic mass is 35.5. The van der Waals surface area contributed by atoms with Gasteiger partial charge in [0.2, 0.25) is 5.13 Å². The average Bonchev–Trinajstić information content (AvgIpc) is 2.75. The molecule has 0 aliphatic heterocycles. The Labute approximate surface area is 117 Å². The Morgan fingerprint density at radius 2 is 2.37 bits per heavy atom. The van der Waals surface area contributed by atoms with Crippen molar-refractivity contribution in [3.8, 4) is 5.75 Å². The van der Waals surface area contributed by atoms with E-state index in [0.29, 0.717) is 16.5 Å². The van der Waals surface area contributed by atoms with Gasteiger partial charge in [-0.3, -0.25) is 5.43 Å². The van der Waals surface area contributed by atoms with E-state index < -0.39 is 5.82 Å². The molecule has 0 saturated heterocycles. The van der Waals surface area contributed by atoms with Crippen LogP contribution in [0.3, 0.4) is 0 Å². The summed E-state index contributed by atoms with van der Waals surface area (Å²) >= 11 is 7.18. The molecule has 100 valence electrons. The van der Waals surface area contributed by atoms with Gasteiger partial charge in [-0.2, -0.15) is 5.10 Å². The predicted octanol–water partition coefficient (Wildman–Crippen LogP) is 2.97. The zero-order valence-corrected chi connectivity index (χ0v) is 11.4. The Morgan fingerprint density at radius 1 is 1.58 bits per heavy atom. The van der Waals surface area contributed by atoms with Crippen molar-refractivity contribution in [1.82, 2.24) is 4.98 Å². The quantitative estimate of drug-likeness (QED) is 0.672. The number of nitrogen functional groups attached to an aromatic ring is 1. The number of ether oxygens (including phenoxy) is 1. The smallest absolute Gasteiger partial charge is 0.205 e. The lowest BCUT2D eigenvalue weighted by atomic mass is 10.2. The number of hydrogen-bond donors (Lipinski definition) is 2. The van der Waals surface area contributed by atoms with E-state index in [4.69, 9.17) is 22.1 Å². The molecule has 1 heterocycles. The van der Waals surface area contributed by atoms with Crippen LogP contribution in [0.25, 0.3) is 0 Å². The topological polar surface area (TPSA) is 72.5 Å². The van der Waals surface area contributed by atoms with Gasteiger partial charge in [0.1, 0.15) is 5.82 Å². The highest BCUT2D eigenvalue weighted by molar-refractivity contribution is 7.14. The third-order valence-corrected chi connectivity index (χ3v) is 3.17. The van der Waals surface area contributed by atoms with Gasteiger partial charge in [-0.05, 0) is 17.7 Å². The zero-order valence-electron chi connectivity index (χ0n) is 9.85. The molecule has 19 heavy (non-hydrogen) atoms. The summed E-state index contributed by atoms with van der Waals surface area (Å²) in [7, 11) is 1.35. The molecule has 0 radical (unpaired) electrons. The molecule has 3 N–H and O–H groups in total. The van der Waals surface area contributed by atoms with Crippen molar-refractivity contribution >= 4 is 40.1 Å². The van der Waals surface area contributed by atoms with Crippen LogP contribution in [0.5, 0.6) is 5.75 Å². The first-order chi connectivity index (χ1) is 9.10. The van der Waals surface area contributed by atoms with Crippen molar-refractivity contribution in [3.63, 3.8) is 0 Å². The molecule has 2 rings (SSSR count). The minimum atomic E-state index is -0.546.